The van der Waals surface area contributed by atoms with Crippen molar-refractivity contribution in [3.05, 3.63) is 35.4 Å². The Kier molecular flexibility index (Phi) is 3.11. The maximum Gasteiger partial charge on any atom is 0.0645 e. The molecule has 1 nitrogen and oxygen atoms in total. The molecule has 0 saturated carbocycles. The second-order valence-electron chi connectivity index (χ2n) is 4.78. The highest BCUT2D eigenvalue weighted by atomic mass is 16.5. The van der Waals surface area contributed by atoms with Crippen molar-refractivity contribution < 1.29 is 4.74 Å². The standard InChI is InChI=1S/C14H20O/c1-10(2)14-12-7-5-4-6-11(12)8-9-13(14)15-3/h4-7,10,13-14H,8-9H2,1-3H3/t13-,14+/m0/s1. The summed E-state index contributed by atoms with van der Waals surface area (Å²) in [6.07, 6.45) is 2.73. The highest BCUT2D eigenvalue weighted by molar-refractivity contribution is 5.34. The average molecular weight is 204 g/mol. The summed E-state index contributed by atoms with van der Waals surface area (Å²) in [6.45, 7) is 4.58. The molecule has 0 heterocycles. The summed E-state index contributed by atoms with van der Waals surface area (Å²) in [5.41, 5.74) is 3.02. The predicted octanol–water partition coefficient (Wildman–Crippen LogP) is 3.39. The Balaban J connectivity index is 2.38. The molecule has 1 aliphatic carbocycles. The van der Waals surface area contributed by atoms with Gasteiger partial charge in [0.15, 0.2) is 0 Å². The summed E-state index contributed by atoms with van der Waals surface area (Å²) >= 11 is 0. The van der Waals surface area contributed by atoms with Crippen LogP contribution in [0.15, 0.2) is 24.3 Å². The second kappa shape index (κ2) is 4.36. The fourth-order valence-corrected chi connectivity index (χ4v) is 2.82. The van der Waals surface area contributed by atoms with Crippen LogP contribution < -0.4 is 0 Å². The van der Waals surface area contributed by atoms with Crippen LogP contribution in [0.4, 0.5) is 0 Å². The van der Waals surface area contributed by atoms with E-state index in [-0.39, 0.29) is 0 Å². The summed E-state index contributed by atoms with van der Waals surface area (Å²) in [5.74, 6) is 1.22. The van der Waals surface area contributed by atoms with E-state index in [1.165, 1.54) is 11.1 Å². The van der Waals surface area contributed by atoms with Crippen molar-refractivity contribution >= 4 is 0 Å². The third-order valence-corrected chi connectivity index (χ3v) is 3.53. The van der Waals surface area contributed by atoms with Gasteiger partial charge in [-0.05, 0) is 29.9 Å². The summed E-state index contributed by atoms with van der Waals surface area (Å²) in [4.78, 5) is 0. The largest absolute Gasteiger partial charge is 0.381 e. The Labute approximate surface area is 92.5 Å². The fraction of sp³-hybridized carbons (Fsp3) is 0.571. The minimum absolute atomic E-state index is 0.403. The Bertz CT molecular complexity index is 330. The van der Waals surface area contributed by atoms with E-state index in [9.17, 15) is 0 Å². The van der Waals surface area contributed by atoms with Crippen LogP contribution in [0.2, 0.25) is 0 Å². The fourth-order valence-electron chi connectivity index (χ4n) is 2.82. The van der Waals surface area contributed by atoms with Gasteiger partial charge in [0.25, 0.3) is 0 Å². The minimum Gasteiger partial charge on any atom is -0.381 e. The lowest BCUT2D eigenvalue weighted by molar-refractivity contribution is 0.0521. The number of fused-ring (bicyclic) bond motifs is 1. The van der Waals surface area contributed by atoms with Gasteiger partial charge in [0, 0.05) is 13.0 Å². The maximum atomic E-state index is 5.62. The molecule has 15 heavy (non-hydrogen) atoms. The van der Waals surface area contributed by atoms with Crippen LogP contribution in [0, 0.1) is 5.92 Å². The van der Waals surface area contributed by atoms with E-state index in [0.717, 1.165) is 12.8 Å². The van der Waals surface area contributed by atoms with Gasteiger partial charge in [-0.15, -0.1) is 0 Å². The van der Waals surface area contributed by atoms with Crippen molar-refractivity contribution in [3.63, 3.8) is 0 Å². The molecule has 0 N–H and O–H groups in total. The van der Waals surface area contributed by atoms with Crippen LogP contribution in [0.25, 0.3) is 0 Å². The number of methoxy groups -OCH3 is 1. The molecule has 82 valence electrons. The molecule has 0 spiro atoms. The van der Waals surface area contributed by atoms with Gasteiger partial charge in [0.2, 0.25) is 0 Å². The van der Waals surface area contributed by atoms with Crippen LogP contribution in [-0.2, 0) is 11.2 Å². The minimum atomic E-state index is 0.403. The van der Waals surface area contributed by atoms with Crippen LogP contribution >= 0.6 is 0 Å². The molecule has 0 saturated heterocycles. The van der Waals surface area contributed by atoms with Gasteiger partial charge in [-0.1, -0.05) is 38.1 Å². The number of aryl methyl sites for hydroxylation is 1. The first-order chi connectivity index (χ1) is 7.24. The Morgan fingerprint density at radius 3 is 2.67 bits per heavy atom. The molecular weight excluding hydrogens is 184 g/mol. The monoisotopic (exact) mass is 204 g/mol. The molecule has 1 aromatic carbocycles. The van der Waals surface area contributed by atoms with E-state index in [0.29, 0.717) is 17.9 Å². The first kappa shape index (κ1) is 10.7. The first-order valence-corrected chi connectivity index (χ1v) is 5.84. The van der Waals surface area contributed by atoms with Crippen molar-refractivity contribution in [2.24, 2.45) is 5.92 Å². The van der Waals surface area contributed by atoms with Gasteiger partial charge in [-0.3, -0.25) is 0 Å². The Morgan fingerprint density at radius 2 is 2.00 bits per heavy atom. The zero-order valence-corrected chi connectivity index (χ0v) is 9.86. The van der Waals surface area contributed by atoms with E-state index in [1.807, 2.05) is 7.11 Å². The van der Waals surface area contributed by atoms with Gasteiger partial charge >= 0.3 is 0 Å². The molecule has 0 aliphatic heterocycles. The predicted molar refractivity (Wildman–Crippen MR) is 63.1 cm³/mol. The van der Waals surface area contributed by atoms with Crippen LogP contribution in [0.3, 0.4) is 0 Å². The van der Waals surface area contributed by atoms with Crippen molar-refractivity contribution in [1.29, 1.82) is 0 Å². The normalized spacial score (nSPS) is 25.3. The molecule has 2 atom stereocenters. The molecule has 1 aliphatic rings. The zero-order chi connectivity index (χ0) is 10.8. The molecule has 1 heteroatoms. The lowest BCUT2D eigenvalue weighted by atomic mass is 9.75. The lowest BCUT2D eigenvalue weighted by Crippen LogP contribution is -2.30. The van der Waals surface area contributed by atoms with Gasteiger partial charge in [0.1, 0.15) is 0 Å². The SMILES string of the molecule is CO[C@H]1CCc2ccccc2[C@H]1C(C)C. The zero-order valence-electron chi connectivity index (χ0n) is 9.86. The Hall–Kier alpha value is -0.820. The Morgan fingerprint density at radius 1 is 1.27 bits per heavy atom. The molecular formula is C14H20O. The van der Waals surface area contributed by atoms with Crippen molar-refractivity contribution in [2.75, 3.05) is 7.11 Å². The lowest BCUT2D eigenvalue weighted by Gasteiger charge is -2.35. The van der Waals surface area contributed by atoms with Gasteiger partial charge in [-0.2, -0.15) is 0 Å². The number of hydrogen-bond acceptors (Lipinski definition) is 1. The van der Waals surface area contributed by atoms with Gasteiger partial charge in [0.05, 0.1) is 6.10 Å². The molecule has 0 radical (unpaired) electrons. The smallest absolute Gasteiger partial charge is 0.0645 e. The molecule has 0 unspecified atom stereocenters. The highest BCUT2D eigenvalue weighted by Crippen LogP contribution is 2.38. The third-order valence-electron chi connectivity index (χ3n) is 3.53. The molecule has 0 fully saturated rings. The third kappa shape index (κ3) is 1.93. The van der Waals surface area contributed by atoms with E-state index in [2.05, 4.69) is 38.1 Å². The van der Waals surface area contributed by atoms with E-state index >= 15 is 0 Å². The highest BCUT2D eigenvalue weighted by Gasteiger charge is 2.31. The van der Waals surface area contributed by atoms with Crippen molar-refractivity contribution in [2.45, 2.75) is 38.7 Å². The molecule has 0 bridgehead atoms. The van der Waals surface area contributed by atoms with Crippen LogP contribution in [-0.4, -0.2) is 13.2 Å². The molecule has 0 aromatic heterocycles. The van der Waals surface area contributed by atoms with Gasteiger partial charge in [-0.25, -0.2) is 0 Å². The van der Waals surface area contributed by atoms with Crippen molar-refractivity contribution in [3.8, 4) is 0 Å². The van der Waals surface area contributed by atoms with E-state index in [4.69, 9.17) is 4.74 Å². The van der Waals surface area contributed by atoms with Crippen molar-refractivity contribution in [1.82, 2.24) is 0 Å². The average Bonchev–Trinajstić information content (AvgIpc) is 2.27. The first-order valence-electron chi connectivity index (χ1n) is 5.84. The van der Waals surface area contributed by atoms with E-state index in [1.54, 1.807) is 0 Å². The van der Waals surface area contributed by atoms with Crippen LogP contribution in [0.5, 0.6) is 0 Å². The van der Waals surface area contributed by atoms with Crippen LogP contribution in [0.1, 0.15) is 37.3 Å². The molecule has 2 rings (SSSR count). The number of hydrogen-bond donors (Lipinski definition) is 0. The topological polar surface area (TPSA) is 9.23 Å². The molecule has 1 aromatic rings. The summed E-state index contributed by atoms with van der Waals surface area (Å²) in [7, 11) is 1.84. The number of benzene rings is 1. The van der Waals surface area contributed by atoms with Gasteiger partial charge < -0.3 is 4.74 Å². The summed E-state index contributed by atoms with van der Waals surface area (Å²) < 4.78 is 5.62. The van der Waals surface area contributed by atoms with E-state index < -0.39 is 0 Å². The summed E-state index contributed by atoms with van der Waals surface area (Å²) in [6, 6.07) is 8.82. The number of rotatable bonds is 2. The second-order valence-corrected chi connectivity index (χ2v) is 4.78. The molecule has 0 amide bonds. The quantitative estimate of drug-likeness (QED) is 0.717. The number of ether oxygens (including phenoxy) is 1. The maximum absolute atomic E-state index is 5.62. The summed E-state index contributed by atoms with van der Waals surface area (Å²) in [5, 5.41) is 0.